The molecule has 0 aliphatic carbocycles. The van der Waals surface area contributed by atoms with Crippen LogP contribution in [0.2, 0.25) is 0 Å². The topological polar surface area (TPSA) is 88.1 Å². The first-order chi connectivity index (χ1) is 10.6. The number of benzene rings is 1. The van der Waals surface area contributed by atoms with Gasteiger partial charge in [-0.05, 0) is 31.5 Å². The summed E-state index contributed by atoms with van der Waals surface area (Å²) in [5.41, 5.74) is 0.667. The molecule has 1 aromatic rings. The van der Waals surface area contributed by atoms with E-state index >= 15 is 0 Å². The summed E-state index contributed by atoms with van der Waals surface area (Å²) in [5, 5.41) is 0. The molecular formula is C15H16O7. The first-order valence-corrected chi connectivity index (χ1v) is 6.86. The molecule has 0 atom stereocenters. The Balaban J connectivity index is 2.35. The van der Waals surface area contributed by atoms with Gasteiger partial charge >= 0.3 is 17.7 Å². The van der Waals surface area contributed by atoms with Crippen molar-refractivity contribution in [1.29, 1.82) is 0 Å². The number of hydrogen-bond donors (Lipinski definition) is 0. The lowest BCUT2D eigenvalue weighted by Crippen LogP contribution is -2.55. The molecule has 0 spiro atoms. The second-order valence-electron chi connectivity index (χ2n) is 4.41. The van der Waals surface area contributed by atoms with Crippen molar-refractivity contribution in [2.24, 2.45) is 0 Å². The highest BCUT2D eigenvalue weighted by molar-refractivity contribution is 6.03. The third kappa shape index (κ3) is 2.74. The molecule has 0 radical (unpaired) electrons. The average Bonchev–Trinajstić information content (AvgIpc) is 2.88. The molecule has 0 N–H and O–H groups in total. The van der Waals surface area contributed by atoms with Crippen molar-refractivity contribution in [2.75, 3.05) is 13.2 Å². The fourth-order valence-electron chi connectivity index (χ4n) is 1.97. The van der Waals surface area contributed by atoms with E-state index in [9.17, 15) is 14.4 Å². The molecule has 2 rings (SSSR count). The van der Waals surface area contributed by atoms with Crippen LogP contribution in [0.4, 0.5) is 0 Å². The number of carbonyl (C=O) groups excluding carboxylic acids is 3. The van der Waals surface area contributed by atoms with E-state index in [0.717, 1.165) is 6.29 Å². The predicted octanol–water partition coefficient (Wildman–Crippen LogP) is 1.02. The fourth-order valence-corrected chi connectivity index (χ4v) is 1.97. The molecule has 1 aliphatic heterocycles. The molecule has 0 fully saturated rings. The third-order valence-electron chi connectivity index (χ3n) is 2.92. The maximum Gasteiger partial charge on any atom is 0.453 e. The summed E-state index contributed by atoms with van der Waals surface area (Å²) in [6, 6.07) is 4.70. The molecule has 7 nitrogen and oxygen atoms in total. The first-order valence-electron chi connectivity index (χ1n) is 6.86. The number of ether oxygens (including phenoxy) is 4. The monoisotopic (exact) mass is 308 g/mol. The number of hydrogen-bond acceptors (Lipinski definition) is 7. The third-order valence-corrected chi connectivity index (χ3v) is 2.92. The van der Waals surface area contributed by atoms with Crippen molar-refractivity contribution in [3.63, 3.8) is 0 Å². The number of carbonyl (C=O) groups is 3. The van der Waals surface area contributed by atoms with E-state index in [2.05, 4.69) is 0 Å². The molecule has 0 saturated carbocycles. The summed E-state index contributed by atoms with van der Waals surface area (Å²) in [5.74, 6) is -3.88. The summed E-state index contributed by atoms with van der Waals surface area (Å²) >= 11 is 0. The van der Waals surface area contributed by atoms with Gasteiger partial charge in [0.15, 0.2) is 11.5 Å². The van der Waals surface area contributed by atoms with Crippen LogP contribution < -0.4 is 9.47 Å². The zero-order valence-electron chi connectivity index (χ0n) is 12.3. The molecule has 0 unspecified atom stereocenters. The first kappa shape index (κ1) is 15.8. The van der Waals surface area contributed by atoms with Crippen LogP contribution in [0.25, 0.3) is 0 Å². The van der Waals surface area contributed by atoms with Gasteiger partial charge in [0.25, 0.3) is 0 Å². The number of esters is 2. The Kier molecular flexibility index (Phi) is 4.65. The van der Waals surface area contributed by atoms with Crippen LogP contribution in [0.1, 0.15) is 19.4 Å². The second-order valence-corrected chi connectivity index (χ2v) is 4.41. The molecule has 0 amide bonds. The summed E-state index contributed by atoms with van der Waals surface area (Å²) in [6.45, 7) is 3.31. The largest absolute Gasteiger partial charge is 0.460 e. The minimum Gasteiger partial charge on any atom is -0.460 e. The highest BCUT2D eigenvalue weighted by atomic mass is 16.8. The molecule has 22 heavy (non-hydrogen) atoms. The van der Waals surface area contributed by atoms with Crippen molar-refractivity contribution in [2.45, 2.75) is 26.1 Å². The maximum absolute atomic E-state index is 12.1. The Labute approximate surface area is 127 Å². The van der Waals surface area contributed by atoms with Gasteiger partial charge in [0.2, 0.25) is 0 Å². The zero-order valence-corrected chi connectivity index (χ0v) is 12.3. The van der Waals surface area contributed by atoms with Gasteiger partial charge in [-0.15, -0.1) is 0 Å². The van der Waals surface area contributed by atoms with Gasteiger partial charge in [0.1, 0.15) is 6.29 Å². The van der Waals surface area contributed by atoms with Gasteiger partial charge < -0.3 is 23.7 Å². The summed E-state index contributed by atoms with van der Waals surface area (Å²) in [6.07, 6.45) is 0.921. The van der Waals surface area contributed by atoms with Crippen molar-refractivity contribution >= 4 is 18.2 Å². The predicted molar refractivity (Wildman–Crippen MR) is 73.5 cm³/mol. The average molecular weight is 308 g/mol. The minimum absolute atomic E-state index is 0.0550. The minimum atomic E-state index is -2.30. The highest BCUT2D eigenvalue weighted by Crippen LogP contribution is 2.41. The van der Waals surface area contributed by atoms with Crippen LogP contribution >= 0.6 is 0 Å². The van der Waals surface area contributed by atoms with Crippen LogP contribution in [0.5, 0.6) is 11.5 Å². The number of fused-ring (bicyclic) bond motifs is 1. The van der Waals surface area contributed by atoms with Crippen LogP contribution in [-0.2, 0) is 30.3 Å². The van der Waals surface area contributed by atoms with E-state index < -0.39 is 17.7 Å². The summed E-state index contributed by atoms with van der Waals surface area (Å²) in [7, 11) is 0. The van der Waals surface area contributed by atoms with Crippen molar-refractivity contribution in [3.8, 4) is 11.5 Å². The lowest BCUT2D eigenvalue weighted by molar-refractivity contribution is -0.202. The Morgan fingerprint density at radius 2 is 1.68 bits per heavy atom. The molecule has 1 heterocycles. The fraction of sp³-hybridized carbons (Fsp3) is 0.400. The molecule has 1 aliphatic rings. The van der Waals surface area contributed by atoms with Gasteiger partial charge in [-0.25, -0.2) is 9.59 Å². The van der Waals surface area contributed by atoms with Gasteiger partial charge in [-0.1, -0.05) is 6.07 Å². The standard InChI is InChI=1S/C15H16O7/c1-3-19-13(17)15(14(18)20-4-2)21-11-6-5-10(7-8-16)9-12(11)22-15/h5-6,8-9H,3-4,7H2,1-2H3. The van der Waals surface area contributed by atoms with Crippen LogP contribution in [-0.4, -0.2) is 37.2 Å². The lowest BCUT2D eigenvalue weighted by atomic mass is 10.1. The molecule has 118 valence electrons. The van der Waals surface area contributed by atoms with Crippen molar-refractivity contribution in [1.82, 2.24) is 0 Å². The van der Waals surface area contributed by atoms with Crippen LogP contribution in [0.15, 0.2) is 18.2 Å². The SMILES string of the molecule is CCOC(=O)C1(C(=O)OCC)Oc2ccc(CC=O)cc2O1. The van der Waals surface area contributed by atoms with Crippen LogP contribution in [0, 0.1) is 0 Å². The molecule has 1 aromatic carbocycles. The summed E-state index contributed by atoms with van der Waals surface area (Å²) < 4.78 is 20.5. The smallest absolute Gasteiger partial charge is 0.453 e. The normalized spacial score (nSPS) is 14.3. The van der Waals surface area contributed by atoms with E-state index in [1.165, 1.54) is 12.1 Å². The van der Waals surface area contributed by atoms with Crippen molar-refractivity contribution in [3.05, 3.63) is 23.8 Å². The van der Waals surface area contributed by atoms with Gasteiger partial charge in [0.05, 0.1) is 13.2 Å². The molecule has 0 aromatic heterocycles. The zero-order chi connectivity index (χ0) is 16.2. The summed E-state index contributed by atoms with van der Waals surface area (Å²) in [4.78, 5) is 34.8. The second kappa shape index (κ2) is 6.46. The highest BCUT2D eigenvalue weighted by Gasteiger charge is 2.59. The Hall–Kier alpha value is -2.57. The quantitative estimate of drug-likeness (QED) is 0.440. The Morgan fingerprint density at radius 1 is 1.09 bits per heavy atom. The van der Waals surface area contributed by atoms with E-state index in [-0.39, 0.29) is 31.1 Å². The molecule has 0 bridgehead atoms. The Bertz CT molecular complexity index is 576. The van der Waals surface area contributed by atoms with Gasteiger partial charge in [-0.3, -0.25) is 0 Å². The van der Waals surface area contributed by atoms with E-state index in [0.29, 0.717) is 5.56 Å². The molecule has 0 saturated heterocycles. The lowest BCUT2D eigenvalue weighted by Gasteiger charge is -2.22. The van der Waals surface area contributed by atoms with Crippen LogP contribution in [0.3, 0.4) is 0 Å². The molecule has 7 heteroatoms. The van der Waals surface area contributed by atoms with Gasteiger partial charge in [-0.2, -0.15) is 0 Å². The number of rotatable bonds is 6. The van der Waals surface area contributed by atoms with Gasteiger partial charge in [0, 0.05) is 6.42 Å². The van der Waals surface area contributed by atoms with Crippen molar-refractivity contribution < 1.29 is 33.3 Å². The number of aldehydes is 1. The maximum atomic E-state index is 12.1. The molecular weight excluding hydrogens is 292 g/mol. The Morgan fingerprint density at radius 3 is 2.23 bits per heavy atom. The van der Waals surface area contributed by atoms with E-state index in [1.807, 2.05) is 0 Å². The van der Waals surface area contributed by atoms with E-state index in [4.69, 9.17) is 18.9 Å². The van der Waals surface area contributed by atoms with E-state index in [1.54, 1.807) is 19.9 Å².